The van der Waals surface area contributed by atoms with Crippen molar-refractivity contribution in [3.63, 3.8) is 0 Å². The third-order valence-corrected chi connectivity index (χ3v) is 10.2. The molecule has 0 aliphatic rings. The number of benzene rings is 1. The average molecular weight is 553 g/mol. The molecular weight excluding hydrogens is 533 g/mol. The van der Waals surface area contributed by atoms with Gasteiger partial charge in [0.2, 0.25) is 5.88 Å². The molecule has 6 aromatic heterocycles. The van der Waals surface area contributed by atoms with Gasteiger partial charge in [-0.25, -0.2) is 4.98 Å². The molecule has 0 saturated heterocycles. The van der Waals surface area contributed by atoms with Crippen molar-refractivity contribution >= 4 is 56.0 Å². The molecule has 186 valence electrons. The maximum absolute atomic E-state index is 13.2. The van der Waals surface area contributed by atoms with Crippen molar-refractivity contribution in [2.45, 2.75) is 0 Å². The normalized spacial score (nSPS) is 11.5. The lowest BCUT2D eigenvalue weighted by atomic mass is 10.2. The van der Waals surface area contributed by atoms with Crippen molar-refractivity contribution < 1.29 is 9.15 Å². The van der Waals surface area contributed by atoms with Gasteiger partial charge in [-0.3, -0.25) is 4.79 Å². The van der Waals surface area contributed by atoms with Crippen LogP contribution in [0.3, 0.4) is 0 Å². The number of hydrogen-bond donors (Lipinski definition) is 0. The zero-order valence-corrected chi connectivity index (χ0v) is 22.9. The Kier molecular flexibility index (Phi) is 5.54. The van der Waals surface area contributed by atoms with Gasteiger partial charge in [0.1, 0.15) is 11.3 Å². The lowest BCUT2D eigenvalue weighted by Gasteiger charge is -2.08. The molecule has 0 amide bonds. The van der Waals surface area contributed by atoms with Crippen LogP contribution in [0.15, 0.2) is 94.1 Å². The number of pyridine rings is 2. The van der Waals surface area contributed by atoms with Crippen molar-refractivity contribution in [1.82, 2.24) is 9.55 Å². The highest BCUT2D eigenvalue weighted by Gasteiger charge is 2.16. The quantitative estimate of drug-likeness (QED) is 0.215. The molecule has 0 atom stereocenters. The number of para-hydroxylation sites is 1. The molecule has 7 aromatic rings. The standard InChI is InChI=1S/C30H20N2O3S3/c1-32-20-7-14-29(34-2)31-19(20)16-18(30(32)33)23-8-10-25(36-23)27-12-13-28(38-27)26-11-9-24(37-26)22-15-17-5-3-4-6-21(17)35-22/h3-16H,1-2H3. The molecule has 0 unspecified atom stereocenters. The van der Waals surface area contributed by atoms with E-state index in [1.165, 1.54) is 14.6 Å². The number of hydrogen-bond acceptors (Lipinski definition) is 7. The Morgan fingerprint density at radius 2 is 1.39 bits per heavy atom. The van der Waals surface area contributed by atoms with Crippen molar-refractivity contribution in [2.75, 3.05) is 7.11 Å². The number of rotatable bonds is 5. The third kappa shape index (κ3) is 3.89. The zero-order chi connectivity index (χ0) is 25.8. The second kappa shape index (κ2) is 9.09. The van der Waals surface area contributed by atoms with E-state index >= 15 is 0 Å². The first-order valence-corrected chi connectivity index (χ1v) is 14.4. The fourth-order valence-corrected chi connectivity index (χ4v) is 7.70. The summed E-state index contributed by atoms with van der Waals surface area (Å²) in [5.41, 5.74) is 3.01. The van der Waals surface area contributed by atoms with Crippen LogP contribution in [0, 0.1) is 0 Å². The number of furan rings is 1. The molecule has 0 aliphatic carbocycles. The third-order valence-electron chi connectivity index (χ3n) is 6.50. The predicted molar refractivity (Wildman–Crippen MR) is 159 cm³/mol. The van der Waals surface area contributed by atoms with Crippen LogP contribution >= 0.6 is 34.0 Å². The maximum atomic E-state index is 13.2. The number of methoxy groups -OCH3 is 1. The Labute approximate surface area is 229 Å². The van der Waals surface area contributed by atoms with E-state index < -0.39 is 0 Å². The topological polar surface area (TPSA) is 57.3 Å². The van der Waals surface area contributed by atoms with Crippen LogP contribution in [-0.2, 0) is 7.05 Å². The molecule has 8 heteroatoms. The highest BCUT2D eigenvalue weighted by molar-refractivity contribution is 7.27. The average Bonchev–Trinajstić information content (AvgIpc) is 3.75. The Morgan fingerprint density at radius 3 is 2.11 bits per heavy atom. The lowest BCUT2D eigenvalue weighted by molar-refractivity contribution is 0.399. The van der Waals surface area contributed by atoms with E-state index in [1.807, 2.05) is 36.4 Å². The molecule has 6 heterocycles. The smallest absolute Gasteiger partial charge is 0.259 e. The number of aromatic nitrogens is 2. The Morgan fingerprint density at radius 1 is 0.763 bits per heavy atom. The van der Waals surface area contributed by atoms with Crippen LogP contribution in [0.5, 0.6) is 5.88 Å². The molecule has 0 radical (unpaired) electrons. The molecule has 0 saturated carbocycles. The number of aryl methyl sites for hydroxylation is 1. The van der Waals surface area contributed by atoms with Gasteiger partial charge in [0.05, 0.1) is 28.6 Å². The zero-order valence-electron chi connectivity index (χ0n) is 20.4. The molecule has 0 spiro atoms. The highest BCUT2D eigenvalue weighted by Crippen LogP contribution is 2.43. The van der Waals surface area contributed by atoms with Gasteiger partial charge in [-0.2, -0.15) is 0 Å². The molecule has 7 rings (SSSR count). The molecule has 1 aromatic carbocycles. The predicted octanol–water partition coefficient (Wildman–Crippen LogP) is 8.54. The van der Waals surface area contributed by atoms with Crippen LogP contribution < -0.4 is 10.3 Å². The summed E-state index contributed by atoms with van der Waals surface area (Å²) in [7, 11) is 3.37. The summed E-state index contributed by atoms with van der Waals surface area (Å²) in [6.07, 6.45) is 0. The Hall–Kier alpha value is -3.98. The summed E-state index contributed by atoms with van der Waals surface area (Å²) >= 11 is 5.11. The number of ether oxygens (including phenoxy) is 1. The molecule has 38 heavy (non-hydrogen) atoms. The maximum Gasteiger partial charge on any atom is 0.259 e. The second-order valence-electron chi connectivity index (χ2n) is 8.82. The van der Waals surface area contributed by atoms with E-state index in [2.05, 4.69) is 47.4 Å². The van der Waals surface area contributed by atoms with Crippen molar-refractivity contribution in [2.24, 2.45) is 7.05 Å². The summed E-state index contributed by atoms with van der Waals surface area (Å²) in [4.78, 5) is 24.4. The first kappa shape index (κ1) is 23.2. The van der Waals surface area contributed by atoms with Gasteiger partial charge in [-0.05, 0) is 60.7 Å². The van der Waals surface area contributed by atoms with Crippen molar-refractivity contribution in [3.8, 4) is 46.5 Å². The van der Waals surface area contributed by atoms with Gasteiger partial charge in [0.25, 0.3) is 5.56 Å². The van der Waals surface area contributed by atoms with E-state index in [4.69, 9.17) is 9.15 Å². The fourth-order valence-electron chi connectivity index (χ4n) is 4.54. The molecule has 5 nitrogen and oxygen atoms in total. The van der Waals surface area contributed by atoms with Gasteiger partial charge in [-0.15, -0.1) is 34.0 Å². The van der Waals surface area contributed by atoms with Crippen molar-refractivity contribution in [1.29, 1.82) is 0 Å². The number of nitrogens with zero attached hydrogens (tertiary/aromatic N) is 2. The minimum absolute atomic E-state index is 0.0403. The summed E-state index contributed by atoms with van der Waals surface area (Å²) in [5.74, 6) is 1.42. The summed E-state index contributed by atoms with van der Waals surface area (Å²) in [5, 5.41) is 1.11. The van der Waals surface area contributed by atoms with Gasteiger partial charge in [0.15, 0.2) is 0 Å². The second-order valence-corrected chi connectivity index (χ2v) is 12.1. The van der Waals surface area contributed by atoms with Gasteiger partial charge in [-0.1, -0.05) is 18.2 Å². The van der Waals surface area contributed by atoms with Crippen LogP contribution in [0.2, 0.25) is 0 Å². The minimum Gasteiger partial charge on any atom is -0.481 e. The van der Waals surface area contributed by atoms with Crippen molar-refractivity contribution in [3.05, 3.63) is 95.3 Å². The Balaban J connectivity index is 1.20. The highest BCUT2D eigenvalue weighted by atomic mass is 32.1. The Bertz CT molecular complexity index is 1990. The van der Waals surface area contributed by atoms with E-state index in [9.17, 15) is 4.79 Å². The van der Waals surface area contributed by atoms with Crippen LogP contribution in [0.1, 0.15) is 0 Å². The summed E-state index contributed by atoms with van der Waals surface area (Å²) in [6.45, 7) is 0. The summed E-state index contributed by atoms with van der Waals surface area (Å²) in [6, 6.07) is 28.4. The SMILES string of the molecule is COc1ccc2c(cc(-c3ccc(-c4ccc(-c5ccc(-c6cc7ccccc7o6)s5)s4)s3)c(=O)n2C)n1. The molecule has 0 fully saturated rings. The summed E-state index contributed by atoms with van der Waals surface area (Å²) < 4.78 is 13.0. The van der Waals surface area contributed by atoms with E-state index in [-0.39, 0.29) is 5.56 Å². The van der Waals surface area contributed by atoms with E-state index in [0.717, 1.165) is 42.4 Å². The largest absolute Gasteiger partial charge is 0.481 e. The molecule has 0 aliphatic heterocycles. The van der Waals surface area contributed by atoms with Crippen LogP contribution in [-0.4, -0.2) is 16.7 Å². The monoisotopic (exact) mass is 552 g/mol. The van der Waals surface area contributed by atoms with E-state index in [1.54, 1.807) is 58.8 Å². The molecule has 0 bridgehead atoms. The van der Waals surface area contributed by atoms with Gasteiger partial charge in [0, 0.05) is 42.9 Å². The molecule has 0 N–H and O–H groups in total. The first-order valence-electron chi connectivity index (χ1n) is 11.9. The van der Waals surface area contributed by atoms with Crippen LogP contribution in [0.4, 0.5) is 0 Å². The minimum atomic E-state index is -0.0403. The number of fused-ring (bicyclic) bond motifs is 2. The molecular formula is C30H20N2O3S3. The lowest BCUT2D eigenvalue weighted by Crippen LogP contribution is -2.18. The number of thiophene rings is 3. The van der Waals surface area contributed by atoms with Gasteiger partial charge >= 0.3 is 0 Å². The fraction of sp³-hybridized carbons (Fsp3) is 0.0667. The van der Waals surface area contributed by atoms with Crippen LogP contribution in [0.25, 0.3) is 62.6 Å². The van der Waals surface area contributed by atoms with Gasteiger partial charge < -0.3 is 13.7 Å². The van der Waals surface area contributed by atoms with E-state index in [0.29, 0.717) is 11.4 Å². The first-order chi connectivity index (χ1) is 18.6.